The normalized spacial score (nSPS) is 16.7. The summed E-state index contributed by atoms with van der Waals surface area (Å²) in [6.45, 7) is 10.4. The molecular weight excluding hydrogens is 535 g/mol. The second kappa shape index (κ2) is 14.6. The number of thiophene rings is 1. The van der Waals surface area contributed by atoms with Crippen LogP contribution in [0.3, 0.4) is 0 Å². The van der Waals surface area contributed by atoms with E-state index in [9.17, 15) is 8.42 Å². The Labute approximate surface area is 203 Å². The number of nitrogens with one attached hydrogen (secondary N) is 2. The molecule has 0 aliphatic carbocycles. The Morgan fingerprint density at radius 2 is 1.97 bits per heavy atom. The number of hydrogen-bond acceptors (Lipinski definition) is 5. The fourth-order valence-electron chi connectivity index (χ4n) is 3.18. The van der Waals surface area contributed by atoms with Crippen LogP contribution in [0, 0.1) is 5.92 Å². The smallest absolute Gasteiger partial charge is 0.252 e. The van der Waals surface area contributed by atoms with Crippen LogP contribution >= 0.6 is 35.3 Å². The summed E-state index contributed by atoms with van der Waals surface area (Å²) in [5, 5.41) is 6.72. The van der Waals surface area contributed by atoms with Crippen LogP contribution in [0.15, 0.2) is 21.3 Å². The molecule has 1 aliphatic rings. The van der Waals surface area contributed by atoms with E-state index in [2.05, 4.69) is 29.5 Å². The van der Waals surface area contributed by atoms with Gasteiger partial charge in [0.2, 0.25) is 0 Å². The molecule has 0 spiro atoms. The summed E-state index contributed by atoms with van der Waals surface area (Å²) < 4.78 is 32.7. The molecule has 1 aromatic rings. The van der Waals surface area contributed by atoms with Gasteiger partial charge < -0.3 is 15.4 Å². The second-order valence-electron chi connectivity index (χ2n) is 7.23. The Balaban J connectivity index is 0.00000450. The maximum absolute atomic E-state index is 12.8. The van der Waals surface area contributed by atoms with Crippen LogP contribution in [0.4, 0.5) is 0 Å². The van der Waals surface area contributed by atoms with Gasteiger partial charge >= 0.3 is 0 Å². The van der Waals surface area contributed by atoms with Crippen molar-refractivity contribution in [3.63, 3.8) is 0 Å². The number of nitrogens with zero attached hydrogens (tertiary/aromatic N) is 2. The summed E-state index contributed by atoms with van der Waals surface area (Å²) in [6.07, 6.45) is 4.86. The largest absolute Gasteiger partial charge is 0.379 e. The van der Waals surface area contributed by atoms with Crippen molar-refractivity contribution in [2.24, 2.45) is 10.9 Å². The van der Waals surface area contributed by atoms with Gasteiger partial charge in [0.1, 0.15) is 4.21 Å². The molecule has 2 rings (SSSR count). The zero-order chi connectivity index (χ0) is 21.1. The van der Waals surface area contributed by atoms with Crippen molar-refractivity contribution in [1.29, 1.82) is 0 Å². The van der Waals surface area contributed by atoms with E-state index in [4.69, 9.17) is 4.74 Å². The number of halogens is 1. The minimum absolute atomic E-state index is 0. The molecule has 174 valence electrons. The predicted molar refractivity (Wildman–Crippen MR) is 135 cm³/mol. The van der Waals surface area contributed by atoms with Gasteiger partial charge in [0.25, 0.3) is 10.0 Å². The molecule has 1 aromatic heterocycles. The molecule has 1 fully saturated rings. The van der Waals surface area contributed by atoms with Gasteiger partial charge in [-0.3, -0.25) is 0 Å². The predicted octanol–water partition coefficient (Wildman–Crippen LogP) is 3.66. The molecule has 2 N–H and O–H groups in total. The van der Waals surface area contributed by atoms with E-state index in [0.717, 1.165) is 30.3 Å². The van der Waals surface area contributed by atoms with Crippen LogP contribution in [0.1, 0.15) is 51.3 Å². The maximum atomic E-state index is 12.8. The third-order valence-electron chi connectivity index (χ3n) is 5.04. The summed E-state index contributed by atoms with van der Waals surface area (Å²) in [6, 6.07) is 3.56. The van der Waals surface area contributed by atoms with E-state index in [1.54, 1.807) is 6.07 Å². The van der Waals surface area contributed by atoms with E-state index >= 15 is 0 Å². The van der Waals surface area contributed by atoms with E-state index in [0.29, 0.717) is 43.0 Å². The van der Waals surface area contributed by atoms with Crippen LogP contribution in [0.5, 0.6) is 0 Å². The van der Waals surface area contributed by atoms with Gasteiger partial charge in [0.15, 0.2) is 5.96 Å². The van der Waals surface area contributed by atoms with Gasteiger partial charge in [-0.05, 0) is 31.4 Å². The second-order valence-corrected chi connectivity index (χ2v) is 10.6. The number of unbranched alkanes of at least 4 members (excludes halogenated alkanes) is 1. The van der Waals surface area contributed by atoms with E-state index in [-0.39, 0.29) is 24.0 Å². The highest BCUT2D eigenvalue weighted by Gasteiger charge is 2.27. The first kappa shape index (κ1) is 27.6. The molecule has 0 bridgehead atoms. The van der Waals surface area contributed by atoms with Crippen molar-refractivity contribution < 1.29 is 13.2 Å². The summed E-state index contributed by atoms with van der Waals surface area (Å²) in [7, 11) is -3.43. The van der Waals surface area contributed by atoms with Gasteiger partial charge in [-0.25, -0.2) is 13.4 Å². The molecule has 1 saturated heterocycles. The van der Waals surface area contributed by atoms with Gasteiger partial charge in [0.05, 0.1) is 19.8 Å². The van der Waals surface area contributed by atoms with Gasteiger partial charge in [-0.1, -0.05) is 33.1 Å². The first-order valence-electron chi connectivity index (χ1n) is 10.7. The van der Waals surface area contributed by atoms with Crippen LogP contribution in [0.25, 0.3) is 0 Å². The highest BCUT2D eigenvalue weighted by atomic mass is 127. The zero-order valence-electron chi connectivity index (χ0n) is 18.4. The molecule has 0 amide bonds. The number of morpholine rings is 1. The van der Waals surface area contributed by atoms with E-state index < -0.39 is 10.0 Å². The summed E-state index contributed by atoms with van der Waals surface area (Å²) in [5.41, 5.74) is 0. The molecule has 1 atom stereocenters. The Morgan fingerprint density at radius 1 is 1.23 bits per heavy atom. The molecule has 7 nitrogen and oxygen atoms in total. The van der Waals surface area contributed by atoms with Crippen molar-refractivity contribution in [3.05, 3.63) is 17.0 Å². The Morgan fingerprint density at radius 3 is 2.60 bits per heavy atom. The summed E-state index contributed by atoms with van der Waals surface area (Å²) in [4.78, 5) is 5.59. The van der Waals surface area contributed by atoms with Gasteiger partial charge in [-0.15, -0.1) is 35.3 Å². The highest BCUT2D eigenvalue weighted by molar-refractivity contribution is 14.0. The standard InChI is InChI=1S/C20H36N4O3S2.HI/c1-4-7-8-17(5-2)15-22-20(21-6-3)23-16-18-9-10-19(28-18)29(25,26)24-11-13-27-14-12-24;/h9-10,17H,4-8,11-16H2,1-3H3,(H2,21,22,23);1H. The summed E-state index contributed by atoms with van der Waals surface area (Å²) in [5.74, 6) is 1.43. The quantitative estimate of drug-likeness (QED) is 0.240. The molecule has 0 aromatic carbocycles. The lowest BCUT2D eigenvalue weighted by Crippen LogP contribution is -2.40. The molecule has 1 unspecified atom stereocenters. The summed E-state index contributed by atoms with van der Waals surface area (Å²) >= 11 is 1.30. The van der Waals surface area contributed by atoms with Crippen molar-refractivity contribution >= 4 is 51.3 Å². The number of guanidine groups is 1. The molecule has 30 heavy (non-hydrogen) atoms. The van der Waals surface area contributed by atoms with Crippen LogP contribution in [0.2, 0.25) is 0 Å². The SMILES string of the molecule is CCCCC(CC)CNC(=NCc1ccc(S(=O)(=O)N2CCOCC2)s1)NCC.I. The fraction of sp³-hybridized carbons (Fsp3) is 0.750. The third kappa shape index (κ3) is 8.60. The number of rotatable bonds is 11. The van der Waals surface area contributed by atoms with Crippen molar-refractivity contribution in [3.8, 4) is 0 Å². The number of aliphatic imine (C=N–C) groups is 1. The molecule has 2 heterocycles. The molecule has 10 heteroatoms. The fourth-order valence-corrected chi connectivity index (χ4v) is 6.02. The van der Waals surface area contributed by atoms with E-state index in [1.165, 1.54) is 34.9 Å². The Bertz CT molecular complexity index is 734. The first-order chi connectivity index (χ1) is 14.0. The topological polar surface area (TPSA) is 83.0 Å². The lowest BCUT2D eigenvalue weighted by atomic mass is 9.99. The van der Waals surface area contributed by atoms with E-state index in [1.807, 2.05) is 13.0 Å². The number of ether oxygens (including phenoxy) is 1. The van der Waals surface area contributed by atoms with Crippen molar-refractivity contribution in [2.75, 3.05) is 39.4 Å². The van der Waals surface area contributed by atoms with Crippen LogP contribution in [-0.4, -0.2) is 58.1 Å². The Kier molecular flexibility index (Phi) is 13.4. The lowest BCUT2D eigenvalue weighted by Gasteiger charge is -2.25. The minimum atomic E-state index is -3.43. The molecule has 0 saturated carbocycles. The monoisotopic (exact) mass is 572 g/mol. The minimum Gasteiger partial charge on any atom is -0.379 e. The number of sulfonamides is 1. The van der Waals surface area contributed by atoms with Crippen molar-refractivity contribution in [1.82, 2.24) is 14.9 Å². The third-order valence-corrected chi connectivity index (χ3v) is 8.48. The highest BCUT2D eigenvalue weighted by Crippen LogP contribution is 2.26. The maximum Gasteiger partial charge on any atom is 0.252 e. The van der Waals surface area contributed by atoms with Gasteiger partial charge in [-0.2, -0.15) is 4.31 Å². The molecule has 1 aliphatic heterocycles. The lowest BCUT2D eigenvalue weighted by molar-refractivity contribution is 0.0731. The average Bonchev–Trinajstić information content (AvgIpc) is 3.22. The Hall–Kier alpha value is -0.430. The number of hydrogen-bond donors (Lipinski definition) is 2. The van der Waals surface area contributed by atoms with Gasteiger partial charge in [0, 0.05) is 31.1 Å². The van der Waals surface area contributed by atoms with Crippen LogP contribution in [-0.2, 0) is 21.3 Å². The first-order valence-corrected chi connectivity index (χ1v) is 13.0. The van der Waals surface area contributed by atoms with Crippen LogP contribution < -0.4 is 10.6 Å². The zero-order valence-corrected chi connectivity index (χ0v) is 22.3. The molecular formula is C20H37IN4O3S2. The molecule has 0 radical (unpaired) electrons. The van der Waals surface area contributed by atoms with Crippen molar-refractivity contribution in [2.45, 2.75) is 57.2 Å². The average molecular weight is 573 g/mol.